The lowest BCUT2D eigenvalue weighted by molar-refractivity contribution is -0.386. The summed E-state index contributed by atoms with van der Waals surface area (Å²) in [7, 11) is 0. The van der Waals surface area contributed by atoms with Gasteiger partial charge in [0.25, 0.3) is 5.88 Å². The minimum Gasteiger partial charge on any atom is -0.468 e. The van der Waals surface area contributed by atoms with Gasteiger partial charge in [-0.2, -0.15) is 0 Å². The summed E-state index contributed by atoms with van der Waals surface area (Å²) in [6.07, 6.45) is 0. The van der Waals surface area contributed by atoms with Crippen LogP contribution in [0.25, 0.3) is 0 Å². The molecule has 8 heteroatoms. The minimum atomic E-state index is -0.618. The van der Waals surface area contributed by atoms with E-state index in [1.54, 1.807) is 0 Å². The highest BCUT2D eigenvalue weighted by atomic mass is 79.9. The number of benzene rings is 1. The third kappa shape index (κ3) is 3.43. The molecule has 2 aromatic rings. The quantitative estimate of drug-likeness (QED) is 0.467. The zero-order chi connectivity index (χ0) is 14.7. The molecule has 0 amide bonds. The second-order valence-electron chi connectivity index (χ2n) is 3.74. The van der Waals surface area contributed by atoms with Crippen LogP contribution in [0.4, 0.5) is 10.1 Å². The SMILES string of the molecule is O=[N+]([O-])c1ccc(Br)nc1OCc1ccc(Cl)cc1F. The average Bonchev–Trinajstić information content (AvgIpc) is 2.37. The Morgan fingerprint density at radius 2 is 2.15 bits per heavy atom. The van der Waals surface area contributed by atoms with Gasteiger partial charge in [0.15, 0.2) is 0 Å². The molecular formula is C12H7BrClFN2O3. The van der Waals surface area contributed by atoms with Crippen LogP contribution in [0, 0.1) is 15.9 Å². The number of nitrogens with zero attached hydrogens (tertiary/aromatic N) is 2. The molecule has 5 nitrogen and oxygen atoms in total. The zero-order valence-electron chi connectivity index (χ0n) is 9.85. The number of hydrogen-bond acceptors (Lipinski definition) is 4. The Balaban J connectivity index is 2.22. The maximum absolute atomic E-state index is 13.6. The van der Waals surface area contributed by atoms with Crippen molar-refractivity contribution in [3.63, 3.8) is 0 Å². The van der Waals surface area contributed by atoms with Crippen LogP contribution in [0.1, 0.15) is 5.56 Å². The van der Waals surface area contributed by atoms with Crippen LogP contribution >= 0.6 is 27.5 Å². The first-order valence-electron chi connectivity index (χ1n) is 5.35. The largest absolute Gasteiger partial charge is 0.468 e. The molecule has 104 valence electrons. The molecule has 0 radical (unpaired) electrons. The lowest BCUT2D eigenvalue weighted by atomic mass is 10.2. The number of halogens is 3. The molecule has 0 saturated carbocycles. The fraction of sp³-hybridized carbons (Fsp3) is 0.0833. The van der Waals surface area contributed by atoms with Gasteiger partial charge in [0.05, 0.1) is 4.92 Å². The lowest BCUT2D eigenvalue weighted by Gasteiger charge is -2.07. The minimum absolute atomic E-state index is 0.182. The van der Waals surface area contributed by atoms with Crippen LogP contribution in [0.15, 0.2) is 34.9 Å². The summed E-state index contributed by atoms with van der Waals surface area (Å²) >= 11 is 8.72. The van der Waals surface area contributed by atoms with Gasteiger partial charge in [-0.25, -0.2) is 9.37 Å². The molecule has 0 N–H and O–H groups in total. The molecule has 0 aliphatic carbocycles. The predicted molar refractivity (Wildman–Crippen MR) is 74.3 cm³/mol. The molecule has 0 unspecified atom stereocenters. The normalized spacial score (nSPS) is 10.3. The van der Waals surface area contributed by atoms with E-state index in [0.29, 0.717) is 4.60 Å². The molecule has 0 spiro atoms. The van der Waals surface area contributed by atoms with Crippen molar-refractivity contribution in [2.45, 2.75) is 6.61 Å². The molecule has 0 atom stereocenters. The summed E-state index contributed by atoms with van der Waals surface area (Å²) in [6.45, 7) is -0.187. The Labute approximate surface area is 126 Å². The van der Waals surface area contributed by atoms with E-state index in [-0.39, 0.29) is 28.8 Å². The number of pyridine rings is 1. The maximum atomic E-state index is 13.6. The van der Waals surface area contributed by atoms with E-state index in [2.05, 4.69) is 20.9 Å². The van der Waals surface area contributed by atoms with Gasteiger partial charge in [-0.1, -0.05) is 17.7 Å². The van der Waals surface area contributed by atoms with Crippen molar-refractivity contribution in [1.82, 2.24) is 4.98 Å². The van der Waals surface area contributed by atoms with Crippen LogP contribution in [0.2, 0.25) is 5.02 Å². The molecule has 1 aromatic heterocycles. The first-order valence-corrected chi connectivity index (χ1v) is 6.52. The molecule has 20 heavy (non-hydrogen) atoms. The fourth-order valence-corrected chi connectivity index (χ4v) is 1.89. The topological polar surface area (TPSA) is 65.3 Å². The smallest absolute Gasteiger partial charge is 0.331 e. The van der Waals surface area contributed by atoms with Crippen molar-refractivity contribution >= 4 is 33.2 Å². The third-order valence-electron chi connectivity index (χ3n) is 2.38. The number of ether oxygens (including phenoxy) is 1. The summed E-state index contributed by atoms with van der Waals surface area (Å²) in [5.74, 6) is -0.728. The number of rotatable bonds is 4. The van der Waals surface area contributed by atoms with Crippen LogP contribution in [0.3, 0.4) is 0 Å². The Morgan fingerprint density at radius 3 is 2.80 bits per heavy atom. The van der Waals surface area contributed by atoms with Gasteiger partial charge < -0.3 is 4.74 Å². The van der Waals surface area contributed by atoms with Crippen LogP contribution in [-0.2, 0) is 6.61 Å². The highest BCUT2D eigenvalue weighted by Crippen LogP contribution is 2.27. The van der Waals surface area contributed by atoms with Crippen molar-refractivity contribution in [1.29, 1.82) is 0 Å². The summed E-state index contributed by atoms with van der Waals surface area (Å²) < 4.78 is 19.2. The number of hydrogen-bond donors (Lipinski definition) is 0. The van der Waals surface area contributed by atoms with E-state index in [0.717, 1.165) is 6.07 Å². The first-order chi connectivity index (χ1) is 9.47. The van der Waals surface area contributed by atoms with Gasteiger partial charge in [-0.05, 0) is 34.1 Å². The standard InChI is InChI=1S/C12H7BrClFN2O3/c13-11-4-3-10(17(18)19)12(16-11)20-6-7-1-2-8(14)5-9(7)15/h1-5H,6H2. The van der Waals surface area contributed by atoms with Crippen molar-refractivity contribution < 1.29 is 14.1 Å². The molecule has 0 bridgehead atoms. The second-order valence-corrected chi connectivity index (χ2v) is 4.99. The third-order valence-corrected chi connectivity index (χ3v) is 3.06. The van der Waals surface area contributed by atoms with Gasteiger partial charge in [0.1, 0.15) is 17.0 Å². The van der Waals surface area contributed by atoms with Gasteiger partial charge in [-0.3, -0.25) is 10.1 Å². The lowest BCUT2D eigenvalue weighted by Crippen LogP contribution is -2.03. The van der Waals surface area contributed by atoms with E-state index in [4.69, 9.17) is 16.3 Å². The fourth-order valence-electron chi connectivity index (χ4n) is 1.44. The molecule has 1 aromatic carbocycles. The van der Waals surface area contributed by atoms with Crippen molar-refractivity contribution in [2.24, 2.45) is 0 Å². The first kappa shape index (κ1) is 14.7. The molecule has 0 saturated heterocycles. The average molecular weight is 362 g/mol. The molecule has 0 aliphatic heterocycles. The highest BCUT2D eigenvalue weighted by Gasteiger charge is 2.17. The van der Waals surface area contributed by atoms with Crippen molar-refractivity contribution in [2.75, 3.05) is 0 Å². The molecule has 0 fully saturated rings. The van der Waals surface area contributed by atoms with E-state index >= 15 is 0 Å². The Bertz CT molecular complexity index is 669. The zero-order valence-corrected chi connectivity index (χ0v) is 12.2. The Morgan fingerprint density at radius 1 is 1.40 bits per heavy atom. The van der Waals surface area contributed by atoms with Crippen molar-refractivity contribution in [3.05, 3.63) is 61.5 Å². The van der Waals surface area contributed by atoms with Gasteiger partial charge in [0.2, 0.25) is 0 Å². The van der Waals surface area contributed by atoms with Crippen LogP contribution in [0.5, 0.6) is 5.88 Å². The summed E-state index contributed by atoms with van der Waals surface area (Å²) in [5, 5.41) is 11.1. The Hall–Kier alpha value is -1.73. The molecule has 1 heterocycles. The van der Waals surface area contributed by atoms with Crippen molar-refractivity contribution in [3.8, 4) is 5.88 Å². The van der Waals surface area contributed by atoms with E-state index < -0.39 is 10.7 Å². The van der Waals surface area contributed by atoms with E-state index in [1.807, 2.05) is 0 Å². The van der Waals surface area contributed by atoms with Crippen LogP contribution in [-0.4, -0.2) is 9.91 Å². The summed E-state index contributed by atoms with van der Waals surface area (Å²) in [5.41, 5.74) is -0.0620. The molecule has 2 rings (SSSR count). The highest BCUT2D eigenvalue weighted by molar-refractivity contribution is 9.10. The molecule has 0 aliphatic rings. The van der Waals surface area contributed by atoms with E-state index in [1.165, 1.54) is 24.3 Å². The van der Waals surface area contributed by atoms with Gasteiger partial charge in [-0.15, -0.1) is 0 Å². The summed E-state index contributed by atoms with van der Waals surface area (Å²) in [6, 6.07) is 6.77. The monoisotopic (exact) mass is 360 g/mol. The van der Waals surface area contributed by atoms with E-state index in [9.17, 15) is 14.5 Å². The molecular weight excluding hydrogens is 354 g/mol. The van der Waals surface area contributed by atoms with Gasteiger partial charge >= 0.3 is 5.69 Å². The summed E-state index contributed by atoms with van der Waals surface area (Å²) in [4.78, 5) is 14.1. The second kappa shape index (κ2) is 6.15. The predicted octanol–water partition coefficient (Wildman–Crippen LogP) is 4.12. The van der Waals surface area contributed by atoms with Gasteiger partial charge in [0, 0.05) is 16.7 Å². The van der Waals surface area contributed by atoms with Crippen LogP contribution < -0.4 is 4.74 Å². The number of aromatic nitrogens is 1. The Kier molecular flexibility index (Phi) is 4.51. The number of nitro groups is 1. The maximum Gasteiger partial charge on any atom is 0.331 e.